The standard InChI is InChI=1S/C20H6Cl8N4O12S4/c21-1-2(22)10-18(46(36,37)38)12-5(25)6(26)14(31-12)20(48(42,43)44)16-8(28)7(27)15(32-16)19(47(39,40)41)13-4(24)3(23)11(30-13)17(9(1)29-10)45(33,34)35/h29-30H,(H,33,34,35)(H,36,37,38)(H,39,40,41)(H,42,43,44). The zero-order chi connectivity index (χ0) is 36.4. The van der Waals surface area contributed by atoms with Gasteiger partial charge in [-0.2, -0.15) is 33.7 Å². The summed E-state index contributed by atoms with van der Waals surface area (Å²) in [4.78, 5) is 6.10. The van der Waals surface area contributed by atoms with E-state index in [1.54, 1.807) is 0 Å². The van der Waals surface area contributed by atoms with Gasteiger partial charge in [-0.25, -0.2) is 9.97 Å². The van der Waals surface area contributed by atoms with E-state index < -0.39 is 145 Å². The second kappa shape index (κ2) is 12.1. The van der Waals surface area contributed by atoms with Crippen LogP contribution >= 0.6 is 92.8 Å². The predicted octanol–water partition coefficient (Wildman–Crippen LogP) is 6.52. The molecule has 8 bridgehead atoms. The highest BCUT2D eigenvalue weighted by atomic mass is 35.5. The number of hydrogen-bond donors (Lipinski definition) is 6. The molecule has 5 heterocycles. The van der Waals surface area contributed by atoms with Crippen LogP contribution < -0.4 is 0 Å². The molecule has 5 rings (SSSR count). The minimum absolute atomic E-state index is 0.900. The third-order valence-electron chi connectivity index (χ3n) is 6.23. The topological polar surface area (TPSA) is 275 Å². The fraction of sp³-hybridized carbons (Fsp3) is 0. The summed E-state index contributed by atoms with van der Waals surface area (Å²) in [5.41, 5.74) is -8.42. The lowest BCUT2D eigenvalue weighted by Crippen LogP contribution is -2.06. The lowest BCUT2D eigenvalue weighted by atomic mass is 10.3. The van der Waals surface area contributed by atoms with Gasteiger partial charge in [0, 0.05) is 0 Å². The molecule has 0 amide bonds. The molecule has 3 aromatic rings. The van der Waals surface area contributed by atoms with Gasteiger partial charge in [0.2, 0.25) is 0 Å². The number of halogens is 8. The number of aromatic amines is 2. The van der Waals surface area contributed by atoms with Crippen LogP contribution in [0.4, 0.5) is 0 Å². The first-order valence-corrected chi connectivity index (χ1v) is 20.1. The first kappa shape index (κ1) is 37.8. The van der Waals surface area contributed by atoms with Gasteiger partial charge < -0.3 is 9.97 Å². The molecule has 6 N–H and O–H groups in total. The molecule has 0 saturated carbocycles. The predicted molar refractivity (Wildman–Crippen MR) is 177 cm³/mol. The highest BCUT2D eigenvalue weighted by molar-refractivity contribution is 7.87. The molecule has 0 fully saturated rings. The van der Waals surface area contributed by atoms with E-state index in [0.29, 0.717) is 0 Å². The van der Waals surface area contributed by atoms with E-state index in [1.165, 1.54) is 0 Å². The van der Waals surface area contributed by atoms with Crippen molar-refractivity contribution in [1.29, 1.82) is 0 Å². The molecule has 28 heteroatoms. The molecule has 0 aliphatic carbocycles. The number of fused-ring (bicyclic) bond motifs is 8. The normalized spacial score (nSPS) is 14.8. The molecule has 3 aromatic heterocycles. The second-order valence-electron chi connectivity index (χ2n) is 9.10. The maximum atomic E-state index is 12.8. The lowest BCUT2D eigenvalue weighted by Gasteiger charge is -2.03. The van der Waals surface area contributed by atoms with Crippen LogP contribution in [0.15, 0.2) is 19.6 Å². The number of nitrogens with one attached hydrogen (secondary N) is 2. The summed E-state index contributed by atoms with van der Waals surface area (Å²) in [6.07, 6.45) is 0. The van der Waals surface area contributed by atoms with Crippen LogP contribution in [0.1, 0.15) is 22.8 Å². The Morgan fingerprint density at radius 2 is 0.583 bits per heavy atom. The van der Waals surface area contributed by atoms with Gasteiger partial charge in [0.05, 0.1) is 62.3 Å². The van der Waals surface area contributed by atoms with Crippen molar-refractivity contribution in [3.8, 4) is 0 Å². The Balaban J connectivity index is 2.39. The molecule has 0 atom stereocenters. The Hall–Kier alpha value is -1.44. The average molecular weight is 906 g/mol. The molecule has 258 valence electrons. The molecule has 0 aromatic carbocycles. The van der Waals surface area contributed by atoms with E-state index in [0.717, 1.165) is 0 Å². The van der Waals surface area contributed by atoms with Crippen molar-refractivity contribution in [2.45, 2.75) is 19.6 Å². The van der Waals surface area contributed by atoms with Crippen LogP contribution in [0.3, 0.4) is 0 Å². The Bertz CT molecular complexity index is 2600. The number of rotatable bonds is 4. The van der Waals surface area contributed by atoms with Crippen LogP contribution in [-0.2, 0) is 40.5 Å². The number of H-pyrrole nitrogens is 2. The third kappa shape index (κ3) is 6.02. The largest absolute Gasteiger partial charge is 0.351 e. The molecule has 48 heavy (non-hydrogen) atoms. The van der Waals surface area contributed by atoms with Crippen LogP contribution in [0.2, 0.25) is 20.1 Å². The van der Waals surface area contributed by atoms with E-state index >= 15 is 0 Å². The van der Waals surface area contributed by atoms with Crippen molar-refractivity contribution in [3.05, 3.63) is 42.9 Å². The Morgan fingerprint density at radius 1 is 0.375 bits per heavy atom. The molecule has 16 nitrogen and oxygen atoms in total. The van der Waals surface area contributed by atoms with Gasteiger partial charge >= 0.3 is 0 Å². The summed E-state index contributed by atoms with van der Waals surface area (Å²) in [6.45, 7) is 0. The van der Waals surface area contributed by atoms with Gasteiger partial charge in [-0.3, -0.25) is 18.2 Å². The summed E-state index contributed by atoms with van der Waals surface area (Å²) in [5, 5.41) is -7.42. The monoisotopic (exact) mass is 902 g/mol. The summed E-state index contributed by atoms with van der Waals surface area (Å²) < 4.78 is 143. The molecule has 2 aliphatic rings. The lowest BCUT2D eigenvalue weighted by molar-refractivity contribution is 0.480. The van der Waals surface area contributed by atoms with E-state index in [2.05, 4.69) is 19.9 Å². The van der Waals surface area contributed by atoms with Crippen LogP contribution in [-0.4, -0.2) is 71.8 Å². The highest BCUT2D eigenvalue weighted by Gasteiger charge is 2.38. The maximum Gasteiger partial charge on any atom is 0.298 e. The summed E-state index contributed by atoms with van der Waals surface area (Å²) >= 11 is 49.9. The summed E-state index contributed by atoms with van der Waals surface area (Å²) in [7, 11) is -22.5. The van der Waals surface area contributed by atoms with E-state index in [-0.39, 0.29) is 0 Å². The van der Waals surface area contributed by atoms with Gasteiger partial charge in [-0.15, -0.1) is 0 Å². The fourth-order valence-corrected chi connectivity index (χ4v) is 9.96. The van der Waals surface area contributed by atoms with Crippen molar-refractivity contribution in [2.75, 3.05) is 0 Å². The van der Waals surface area contributed by atoms with Gasteiger partial charge in [0.15, 0.2) is 0 Å². The van der Waals surface area contributed by atoms with Gasteiger partial charge in [0.25, 0.3) is 40.5 Å². The zero-order valence-electron chi connectivity index (χ0n) is 21.6. The van der Waals surface area contributed by atoms with Crippen molar-refractivity contribution in [1.82, 2.24) is 19.9 Å². The SMILES string of the molecule is O=S(=O)(O)c1c2nc(c(S(=O)(=O)O)c3[nH]c(c(Cl)c3Cl)c(S(=O)(=O)O)c3[nH]c(c(Cl)c3Cl)c(S(=O)(=O)O)c3nc1C(Cl)=C3Cl)C(Cl)=C2Cl. The molecule has 0 saturated heterocycles. The van der Waals surface area contributed by atoms with Crippen molar-refractivity contribution in [2.24, 2.45) is 0 Å². The molecule has 0 unspecified atom stereocenters. The van der Waals surface area contributed by atoms with Crippen molar-refractivity contribution < 1.29 is 51.9 Å². The Morgan fingerprint density at radius 3 is 0.812 bits per heavy atom. The quantitative estimate of drug-likeness (QED) is 0.152. The van der Waals surface area contributed by atoms with Crippen LogP contribution in [0.25, 0.3) is 42.2 Å². The van der Waals surface area contributed by atoms with E-state index in [4.69, 9.17) is 92.8 Å². The molecular formula is C20H6Cl8N4O12S4. The Kier molecular flexibility index (Phi) is 9.51. The van der Waals surface area contributed by atoms with Gasteiger partial charge in [0.1, 0.15) is 42.4 Å². The van der Waals surface area contributed by atoms with Gasteiger partial charge in [-0.05, 0) is 0 Å². The molecular weight excluding hydrogens is 900 g/mol. The minimum atomic E-state index is -5.65. The van der Waals surface area contributed by atoms with Crippen molar-refractivity contribution in [3.63, 3.8) is 0 Å². The van der Waals surface area contributed by atoms with Crippen LogP contribution in [0, 0.1) is 0 Å². The van der Waals surface area contributed by atoms with Crippen molar-refractivity contribution >= 4 is 175 Å². The fourth-order valence-electron chi connectivity index (χ4n) is 4.45. The highest BCUT2D eigenvalue weighted by Crippen LogP contribution is 2.49. The Labute approximate surface area is 307 Å². The second-order valence-corrected chi connectivity index (χ2v) is 17.6. The first-order chi connectivity index (χ1) is 21.7. The van der Waals surface area contributed by atoms with E-state index in [9.17, 15) is 51.9 Å². The number of hydrogen-bond acceptors (Lipinski definition) is 10. The maximum absolute atomic E-state index is 12.8. The van der Waals surface area contributed by atoms with E-state index in [1.807, 2.05) is 0 Å². The third-order valence-corrected chi connectivity index (χ3v) is 13.3. The van der Waals surface area contributed by atoms with Gasteiger partial charge in [-0.1, -0.05) is 92.8 Å². The smallest absolute Gasteiger partial charge is 0.298 e. The number of nitrogens with zero attached hydrogens (tertiary/aromatic N) is 2. The number of aromatic nitrogens is 4. The first-order valence-electron chi connectivity index (χ1n) is 11.3. The summed E-state index contributed by atoms with van der Waals surface area (Å²) in [6, 6.07) is 0. The molecule has 2 aliphatic heterocycles. The molecule has 0 spiro atoms. The average Bonchev–Trinajstić information content (AvgIpc) is 3.55. The minimum Gasteiger partial charge on any atom is -0.351 e. The molecule has 0 radical (unpaired) electrons. The zero-order valence-corrected chi connectivity index (χ0v) is 30.9. The van der Waals surface area contributed by atoms with Crippen LogP contribution in [0.5, 0.6) is 0 Å². The summed E-state index contributed by atoms with van der Waals surface area (Å²) in [5.74, 6) is 0.